The van der Waals surface area contributed by atoms with Gasteiger partial charge in [-0.05, 0) is 55.2 Å². The molecule has 146 valence electrons. The first-order chi connectivity index (χ1) is 14.1. The van der Waals surface area contributed by atoms with Crippen LogP contribution >= 0.6 is 0 Å². The van der Waals surface area contributed by atoms with E-state index in [4.69, 9.17) is 4.42 Å². The number of fused-ring (bicyclic) bond motifs is 1. The van der Waals surface area contributed by atoms with Crippen LogP contribution in [-0.2, 0) is 26.2 Å². The molecule has 30 heavy (non-hydrogen) atoms. The van der Waals surface area contributed by atoms with Crippen LogP contribution in [0.15, 0.2) is 89.3 Å². The van der Waals surface area contributed by atoms with Crippen LogP contribution in [0.2, 0.25) is 0 Å². The summed E-state index contributed by atoms with van der Waals surface area (Å²) >= 11 is 0. The van der Waals surface area contributed by atoms with E-state index in [0.717, 1.165) is 17.1 Å². The van der Waals surface area contributed by atoms with Gasteiger partial charge in [0.05, 0.1) is 11.5 Å². The Balaban J connectivity index is 0.00000218. The summed E-state index contributed by atoms with van der Waals surface area (Å²) in [6.45, 7) is 6.40. The SMILES string of the molecule is Cc1ccc(-c2cc3c(-c4ccc(-c5ccccc5)cc4)c(C)c(C)cc3[cH-]2)o1.[Zr]. The van der Waals surface area contributed by atoms with E-state index in [-0.39, 0.29) is 26.2 Å². The molecular weight excluding hydrogens is 444 g/mol. The van der Waals surface area contributed by atoms with Crippen LogP contribution in [0.3, 0.4) is 0 Å². The average Bonchev–Trinajstić information content (AvgIpc) is 3.36. The molecule has 1 nitrogen and oxygen atoms in total. The minimum Gasteiger partial charge on any atom is -0.496 e. The summed E-state index contributed by atoms with van der Waals surface area (Å²) in [5.41, 5.74) is 8.84. The Bertz CT molecular complexity index is 1300. The smallest absolute Gasteiger partial charge is 0.0896 e. The van der Waals surface area contributed by atoms with Gasteiger partial charge in [-0.25, -0.2) is 0 Å². The van der Waals surface area contributed by atoms with Crippen LogP contribution in [0.5, 0.6) is 0 Å². The van der Waals surface area contributed by atoms with Crippen LogP contribution in [0.1, 0.15) is 16.9 Å². The van der Waals surface area contributed by atoms with E-state index in [2.05, 4.69) is 92.7 Å². The number of furan rings is 1. The molecule has 0 atom stereocenters. The monoisotopic (exact) mass is 465 g/mol. The molecule has 1 aromatic heterocycles. The molecule has 0 N–H and O–H groups in total. The van der Waals surface area contributed by atoms with Crippen molar-refractivity contribution in [1.29, 1.82) is 0 Å². The number of aryl methyl sites for hydroxylation is 2. The average molecular weight is 467 g/mol. The molecule has 0 saturated heterocycles. The van der Waals surface area contributed by atoms with E-state index < -0.39 is 0 Å². The van der Waals surface area contributed by atoms with Gasteiger partial charge >= 0.3 is 0 Å². The van der Waals surface area contributed by atoms with E-state index >= 15 is 0 Å². The van der Waals surface area contributed by atoms with Crippen LogP contribution < -0.4 is 0 Å². The van der Waals surface area contributed by atoms with E-state index in [0.29, 0.717) is 0 Å². The molecule has 1 heterocycles. The quantitative estimate of drug-likeness (QED) is 0.245. The molecule has 2 heteroatoms. The first-order valence-electron chi connectivity index (χ1n) is 10.0. The summed E-state index contributed by atoms with van der Waals surface area (Å²) in [5, 5.41) is 2.55. The Hall–Kier alpha value is -2.57. The second kappa shape index (κ2) is 8.28. The largest absolute Gasteiger partial charge is 0.496 e. The van der Waals surface area contributed by atoms with Crippen LogP contribution in [-0.4, -0.2) is 0 Å². The van der Waals surface area contributed by atoms with Gasteiger partial charge in [0, 0.05) is 26.2 Å². The summed E-state index contributed by atoms with van der Waals surface area (Å²) < 4.78 is 5.87. The summed E-state index contributed by atoms with van der Waals surface area (Å²) in [6.07, 6.45) is 0. The molecule has 4 aromatic carbocycles. The Morgan fingerprint density at radius 1 is 0.700 bits per heavy atom. The fourth-order valence-electron chi connectivity index (χ4n) is 4.17. The molecule has 5 rings (SSSR count). The maximum Gasteiger partial charge on any atom is 0.0896 e. The Labute approximate surface area is 196 Å². The van der Waals surface area contributed by atoms with Crippen LogP contribution in [0.25, 0.3) is 44.3 Å². The normalized spacial score (nSPS) is 10.9. The third kappa shape index (κ3) is 3.66. The van der Waals surface area contributed by atoms with Crippen molar-refractivity contribution < 1.29 is 30.6 Å². The van der Waals surface area contributed by atoms with Gasteiger partial charge in [-0.15, -0.1) is 29.0 Å². The minimum absolute atomic E-state index is 0. The van der Waals surface area contributed by atoms with Gasteiger partial charge in [-0.1, -0.05) is 71.3 Å². The van der Waals surface area contributed by atoms with Crippen molar-refractivity contribution >= 4 is 10.8 Å². The third-order valence-corrected chi connectivity index (χ3v) is 5.84. The molecule has 0 unspecified atom stereocenters. The van der Waals surface area contributed by atoms with Crippen molar-refractivity contribution in [2.24, 2.45) is 0 Å². The van der Waals surface area contributed by atoms with Gasteiger partial charge in [0.1, 0.15) is 0 Å². The van der Waals surface area contributed by atoms with Crippen LogP contribution in [0, 0.1) is 20.8 Å². The summed E-state index contributed by atoms with van der Waals surface area (Å²) in [4.78, 5) is 0. The number of benzene rings is 3. The van der Waals surface area contributed by atoms with Crippen molar-refractivity contribution in [2.45, 2.75) is 20.8 Å². The third-order valence-electron chi connectivity index (χ3n) is 5.84. The van der Waals surface area contributed by atoms with Crippen molar-refractivity contribution in [3.8, 4) is 33.6 Å². The van der Waals surface area contributed by atoms with Crippen molar-refractivity contribution in [3.63, 3.8) is 0 Å². The Morgan fingerprint density at radius 2 is 1.37 bits per heavy atom. The molecule has 0 saturated carbocycles. The molecule has 0 amide bonds. The zero-order valence-corrected chi connectivity index (χ0v) is 19.9. The number of hydrogen-bond donors (Lipinski definition) is 0. The fraction of sp³-hybridized carbons (Fsp3) is 0.107. The Morgan fingerprint density at radius 3 is 2.03 bits per heavy atom. The van der Waals surface area contributed by atoms with Gasteiger partial charge < -0.3 is 4.42 Å². The number of hydrogen-bond acceptors (Lipinski definition) is 1. The summed E-state index contributed by atoms with van der Waals surface area (Å²) in [5.74, 6) is 1.87. The van der Waals surface area contributed by atoms with E-state index in [1.54, 1.807) is 0 Å². The second-order valence-corrected chi connectivity index (χ2v) is 7.79. The fourth-order valence-corrected chi connectivity index (χ4v) is 4.17. The molecule has 0 spiro atoms. The van der Waals surface area contributed by atoms with E-state index in [1.165, 1.54) is 44.2 Å². The predicted octanol–water partition coefficient (Wildman–Crippen LogP) is 8.08. The van der Waals surface area contributed by atoms with Crippen molar-refractivity contribution in [2.75, 3.05) is 0 Å². The first kappa shape index (κ1) is 20.7. The van der Waals surface area contributed by atoms with Gasteiger partial charge in [-0.3, -0.25) is 0 Å². The second-order valence-electron chi connectivity index (χ2n) is 7.79. The predicted molar refractivity (Wildman–Crippen MR) is 122 cm³/mol. The van der Waals surface area contributed by atoms with Crippen molar-refractivity contribution in [1.82, 2.24) is 0 Å². The van der Waals surface area contributed by atoms with Gasteiger partial charge in [0.25, 0.3) is 0 Å². The molecular formula is C28H23OZr-. The molecule has 5 aromatic rings. The minimum atomic E-state index is 0. The maximum atomic E-state index is 5.87. The molecule has 0 aliphatic rings. The van der Waals surface area contributed by atoms with E-state index in [1.807, 2.05) is 13.0 Å². The topological polar surface area (TPSA) is 13.1 Å². The number of rotatable bonds is 3. The first-order valence-corrected chi connectivity index (χ1v) is 10.0. The molecule has 0 fully saturated rings. The Kier molecular flexibility index (Phi) is 5.71. The maximum absolute atomic E-state index is 5.87. The van der Waals surface area contributed by atoms with E-state index in [9.17, 15) is 0 Å². The molecule has 0 radical (unpaired) electrons. The molecule has 0 aliphatic carbocycles. The zero-order chi connectivity index (χ0) is 20.0. The molecule has 0 bridgehead atoms. The zero-order valence-electron chi connectivity index (χ0n) is 17.5. The summed E-state index contributed by atoms with van der Waals surface area (Å²) in [7, 11) is 0. The summed E-state index contributed by atoms with van der Waals surface area (Å²) in [6, 6.07) is 30.3. The van der Waals surface area contributed by atoms with Gasteiger partial charge in [-0.2, -0.15) is 0 Å². The van der Waals surface area contributed by atoms with Gasteiger partial charge in [0.15, 0.2) is 0 Å². The molecule has 0 aliphatic heterocycles. The van der Waals surface area contributed by atoms with Crippen LogP contribution in [0.4, 0.5) is 0 Å². The van der Waals surface area contributed by atoms with Crippen molar-refractivity contribution in [3.05, 3.63) is 102 Å². The standard InChI is InChI=1S/C28H23O.Zr/c1-18-15-24-16-25(27-14-9-19(2)29-27)17-26(24)28(20(18)3)23-12-10-22(11-13-23)21-7-5-4-6-8-21;/h4-17H,1-3H3;/q-1;. The van der Waals surface area contributed by atoms with Gasteiger partial charge in [0.2, 0.25) is 0 Å².